The summed E-state index contributed by atoms with van der Waals surface area (Å²) in [4.78, 5) is 34.7. The zero-order valence-corrected chi connectivity index (χ0v) is 14.5. The number of aromatic nitrogens is 2. The van der Waals surface area contributed by atoms with Gasteiger partial charge in [-0.2, -0.15) is 0 Å². The molecular weight excluding hydrogens is 332 g/mol. The molecule has 1 fully saturated rings. The van der Waals surface area contributed by atoms with Crippen LogP contribution in [0.1, 0.15) is 24.8 Å². The molecule has 1 aromatic heterocycles. The molecule has 1 N–H and O–H groups in total. The number of nitrogens with one attached hydrogen (secondary N) is 1. The summed E-state index contributed by atoms with van der Waals surface area (Å²) < 4.78 is 5.24. The van der Waals surface area contributed by atoms with E-state index in [1.807, 2.05) is 35.2 Å². The van der Waals surface area contributed by atoms with Gasteiger partial charge in [-0.1, -0.05) is 30.3 Å². The Hall–Kier alpha value is -2.96. The van der Waals surface area contributed by atoms with Crippen LogP contribution in [0.4, 0.5) is 5.95 Å². The van der Waals surface area contributed by atoms with Gasteiger partial charge in [0.05, 0.1) is 0 Å². The quantitative estimate of drug-likeness (QED) is 0.795. The molecule has 1 unspecified atom stereocenters. The van der Waals surface area contributed by atoms with Crippen molar-refractivity contribution in [1.82, 2.24) is 15.3 Å². The molecule has 2 heterocycles. The van der Waals surface area contributed by atoms with Crippen molar-refractivity contribution in [2.45, 2.75) is 31.8 Å². The lowest BCUT2D eigenvalue weighted by Gasteiger charge is -2.33. The first-order valence-electron chi connectivity index (χ1n) is 8.75. The van der Waals surface area contributed by atoms with Crippen LogP contribution >= 0.6 is 0 Å². The first-order chi connectivity index (χ1) is 12.7. The number of esters is 1. The predicted molar refractivity (Wildman–Crippen MR) is 96.3 cm³/mol. The van der Waals surface area contributed by atoms with Crippen molar-refractivity contribution in [3.05, 3.63) is 54.4 Å². The number of nitrogens with zero attached hydrogens (tertiary/aromatic N) is 3. The minimum Gasteiger partial charge on any atom is -0.454 e. The Bertz CT molecular complexity index is 724. The van der Waals surface area contributed by atoms with E-state index in [0.29, 0.717) is 25.5 Å². The third-order valence-corrected chi connectivity index (χ3v) is 4.26. The molecule has 7 heteroatoms. The highest BCUT2D eigenvalue weighted by atomic mass is 16.5. The second-order valence-corrected chi connectivity index (χ2v) is 6.12. The number of hydrogen-bond donors (Lipinski definition) is 1. The summed E-state index contributed by atoms with van der Waals surface area (Å²) in [7, 11) is 0. The number of rotatable bonds is 6. The van der Waals surface area contributed by atoms with E-state index in [9.17, 15) is 9.59 Å². The van der Waals surface area contributed by atoms with E-state index in [1.54, 1.807) is 18.5 Å². The van der Waals surface area contributed by atoms with Gasteiger partial charge in [-0.05, 0) is 30.9 Å². The first-order valence-corrected chi connectivity index (χ1v) is 8.75. The second-order valence-electron chi connectivity index (χ2n) is 6.12. The lowest BCUT2D eigenvalue weighted by molar-refractivity contribution is -0.150. The number of piperidine rings is 1. The van der Waals surface area contributed by atoms with Crippen molar-refractivity contribution in [3.8, 4) is 0 Å². The molecule has 1 saturated heterocycles. The molecule has 0 spiro atoms. The average Bonchev–Trinajstić information content (AvgIpc) is 2.72. The van der Waals surface area contributed by atoms with Gasteiger partial charge in [-0.15, -0.1) is 0 Å². The lowest BCUT2D eigenvalue weighted by atomic mass is 10.0. The maximum absolute atomic E-state index is 12.5. The van der Waals surface area contributed by atoms with Gasteiger partial charge in [0, 0.05) is 25.5 Å². The molecule has 0 bridgehead atoms. The van der Waals surface area contributed by atoms with Gasteiger partial charge in [-0.3, -0.25) is 4.79 Å². The van der Waals surface area contributed by atoms with Crippen LogP contribution in [0.25, 0.3) is 0 Å². The highest BCUT2D eigenvalue weighted by Gasteiger charge is 2.31. The van der Waals surface area contributed by atoms with E-state index in [1.165, 1.54) is 0 Å². The van der Waals surface area contributed by atoms with Gasteiger partial charge in [0.2, 0.25) is 5.95 Å². The average molecular weight is 354 g/mol. The number of carbonyl (C=O) groups is 2. The second kappa shape index (κ2) is 8.94. The van der Waals surface area contributed by atoms with E-state index in [-0.39, 0.29) is 12.5 Å². The Morgan fingerprint density at radius 1 is 1.12 bits per heavy atom. The summed E-state index contributed by atoms with van der Waals surface area (Å²) in [5, 5.41) is 2.75. The van der Waals surface area contributed by atoms with Gasteiger partial charge in [0.1, 0.15) is 6.04 Å². The fourth-order valence-corrected chi connectivity index (χ4v) is 2.94. The Labute approximate surface area is 152 Å². The largest absolute Gasteiger partial charge is 0.454 e. The molecule has 1 atom stereocenters. The Kier molecular flexibility index (Phi) is 6.14. The molecular formula is C19H22N4O3. The topological polar surface area (TPSA) is 84.4 Å². The van der Waals surface area contributed by atoms with Crippen LogP contribution in [-0.4, -0.2) is 41.0 Å². The minimum atomic E-state index is -0.451. The van der Waals surface area contributed by atoms with Gasteiger partial charge < -0.3 is 15.0 Å². The van der Waals surface area contributed by atoms with Crippen LogP contribution in [-0.2, 0) is 20.9 Å². The van der Waals surface area contributed by atoms with Crippen molar-refractivity contribution >= 4 is 17.8 Å². The normalized spacial score (nSPS) is 16.8. The smallest absolute Gasteiger partial charge is 0.329 e. The Balaban J connectivity index is 1.50. The molecule has 0 radical (unpaired) electrons. The summed E-state index contributed by atoms with van der Waals surface area (Å²) in [6.07, 6.45) is 5.87. The molecule has 0 aliphatic carbocycles. The number of hydrogen-bond acceptors (Lipinski definition) is 6. The van der Waals surface area contributed by atoms with E-state index in [4.69, 9.17) is 4.74 Å². The third kappa shape index (κ3) is 4.78. The van der Waals surface area contributed by atoms with Gasteiger partial charge in [0.15, 0.2) is 6.61 Å². The van der Waals surface area contributed by atoms with Crippen LogP contribution in [0, 0.1) is 0 Å². The van der Waals surface area contributed by atoms with Gasteiger partial charge in [0.25, 0.3) is 5.91 Å². The van der Waals surface area contributed by atoms with E-state index < -0.39 is 12.0 Å². The van der Waals surface area contributed by atoms with Crippen molar-refractivity contribution < 1.29 is 14.3 Å². The minimum absolute atomic E-state index is 0.286. The van der Waals surface area contributed by atoms with E-state index >= 15 is 0 Å². The molecule has 7 nitrogen and oxygen atoms in total. The number of anilines is 1. The van der Waals surface area contributed by atoms with E-state index in [0.717, 1.165) is 18.4 Å². The van der Waals surface area contributed by atoms with E-state index in [2.05, 4.69) is 15.3 Å². The maximum atomic E-state index is 12.5. The standard InChI is InChI=1S/C19H22N4O3/c24-17(22-13-15-7-2-1-3-8-15)14-26-18(25)16-9-4-5-12-23(16)19-20-10-6-11-21-19/h1-3,6-8,10-11,16H,4-5,9,12-14H2,(H,22,24). The Morgan fingerprint density at radius 3 is 2.65 bits per heavy atom. The molecule has 1 aliphatic rings. The van der Waals surface area contributed by atoms with Crippen LogP contribution in [0.2, 0.25) is 0 Å². The molecule has 26 heavy (non-hydrogen) atoms. The van der Waals surface area contributed by atoms with Crippen LogP contribution in [0.15, 0.2) is 48.8 Å². The maximum Gasteiger partial charge on any atom is 0.329 e. The molecule has 3 rings (SSSR count). The fraction of sp³-hybridized carbons (Fsp3) is 0.368. The number of carbonyl (C=O) groups excluding carboxylic acids is 2. The van der Waals surface area contributed by atoms with Gasteiger partial charge >= 0.3 is 5.97 Å². The highest BCUT2D eigenvalue weighted by molar-refractivity contribution is 5.84. The molecule has 1 amide bonds. The van der Waals surface area contributed by atoms with Crippen LogP contribution in [0.3, 0.4) is 0 Å². The Morgan fingerprint density at radius 2 is 1.88 bits per heavy atom. The zero-order valence-electron chi connectivity index (χ0n) is 14.5. The van der Waals surface area contributed by atoms with Crippen LogP contribution < -0.4 is 10.2 Å². The molecule has 136 valence electrons. The summed E-state index contributed by atoms with van der Waals surface area (Å²) in [6, 6.07) is 10.9. The number of benzene rings is 1. The van der Waals surface area contributed by atoms with Gasteiger partial charge in [-0.25, -0.2) is 14.8 Å². The summed E-state index contributed by atoms with van der Waals surface area (Å²) in [5.74, 6) is -0.213. The first kappa shape index (κ1) is 17.8. The summed E-state index contributed by atoms with van der Waals surface area (Å²) in [5.41, 5.74) is 0.992. The SMILES string of the molecule is O=C(COC(=O)C1CCCCN1c1ncccn1)NCc1ccccc1. The third-order valence-electron chi connectivity index (χ3n) is 4.26. The number of amides is 1. The van der Waals surface area contributed by atoms with Crippen LogP contribution in [0.5, 0.6) is 0 Å². The fourth-order valence-electron chi connectivity index (χ4n) is 2.94. The lowest BCUT2D eigenvalue weighted by Crippen LogP contribution is -2.47. The zero-order chi connectivity index (χ0) is 18.2. The van der Waals surface area contributed by atoms with Crippen molar-refractivity contribution in [2.75, 3.05) is 18.1 Å². The highest BCUT2D eigenvalue weighted by Crippen LogP contribution is 2.22. The van der Waals surface area contributed by atoms with Crippen molar-refractivity contribution in [2.24, 2.45) is 0 Å². The summed E-state index contributed by atoms with van der Waals surface area (Å²) >= 11 is 0. The molecule has 2 aromatic rings. The molecule has 1 aliphatic heterocycles. The molecule has 0 saturated carbocycles. The van der Waals surface area contributed by atoms with Crippen molar-refractivity contribution in [3.63, 3.8) is 0 Å². The number of ether oxygens (including phenoxy) is 1. The van der Waals surface area contributed by atoms with Crippen molar-refractivity contribution in [1.29, 1.82) is 0 Å². The molecule has 1 aromatic carbocycles. The monoisotopic (exact) mass is 354 g/mol. The summed E-state index contributed by atoms with van der Waals surface area (Å²) in [6.45, 7) is 0.820. The predicted octanol–water partition coefficient (Wildman–Crippen LogP) is 1.70.